The number of halogens is 1. The number of hydrazone groups is 1. The Morgan fingerprint density at radius 1 is 1.17 bits per heavy atom. The van der Waals surface area contributed by atoms with Crippen molar-refractivity contribution in [2.75, 3.05) is 14.2 Å². The summed E-state index contributed by atoms with van der Waals surface area (Å²) >= 11 is 3.43. The van der Waals surface area contributed by atoms with Gasteiger partial charge in [0.1, 0.15) is 11.5 Å². The van der Waals surface area contributed by atoms with Crippen molar-refractivity contribution in [3.8, 4) is 11.5 Å². The third kappa shape index (κ3) is 5.07. The zero-order valence-corrected chi connectivity index (χ0v) is 18.9. The van der Waals surface area contributed by atoms with Gasteiger partial charge in [-0.2, -0.15) is 10.2 Å². The van der Waals surface area contributed by atoms with Gasteiger partial charge in [0.2, 0.25) is 0 Å². The number of amides is 1. The lowest BCUT2D eigenvalue weighted by atomic mass is 10.1. The second-order valence-corrected chi connectivity index (χ2v) is 7.57. The molecule has 0 radical (unpaired) electrons. The first-order chi connectivity index (χ1) is 14.4. The van der Waals surface area contributed by atoms with E-state index < -0.39 is 0 Å². The van der Waals surface area contributed by atoms with E-state index in [0.717, 1.165) is 21.4 Å². The van der Waals surface area contributed by atoms with Gasteiger partial charge in [-0.3, -0.25) is 9.48 Å². The van der Waals surface area contributed by atoms with Crippen molar-refractivity contribution in [2.24, 2.45) is 5.10 Å². The van der Waals surface area contributed by atoms with Crippen LogP contribution in [0.15, 0.2) is 52.0 Å². The lowest BCUT2D eigenvalue weighted by molar-refractivity contribution is 0.0955. The largest absolute Gasteiger partial charge is 0.496 e. The Morgan fingerprint density at radius 2 is 1.93 bits per heavy atom. The SMILES string of the molecule is COc1cc(OC)c(/C=N/NC(=O)c2cccc(Cn3nc(C)cc3C)c2)cc1Br. The molecule has 0 aliphatic carbocycles. The minimum absolute atomic E-state index is 0.298. The molecule has 0 bridgehead atoms. The van der Waals surface area contributed by atoms with E-state index in [1.165, 1.54) is 6.21 Å². The van der Waals surface area contributed by atoms with Gasteiger partial charge in [0.25, 0.3) is 5.91 Å². The fraction of sp³-hybridized carbons (Fsp3) is 0.227. The van der Waals surface area contributed by atoms with Crippen LogP contribution in [0.2, 0.25) is 0 Å². The van der Waals surface area contributed by atoms with Crippen LogP contribution >= 0.6 is 15.9 Å². The van der Waals surface area contributed by atoms with Crippen molar-refractivity contribution in [3.05, 3.63) is 75.0 Å². The van der Waals surface area contributed by atoms with Crippen molar-refractivity contribution in [3.63, 3.8) is 0 Å². The molecule has 30 heavy (non-hydrogen) atoms. The Balaban J connectivity index is 1.71. The third-order valence-electron chi connectivity index (χ3n) is 4.50. The molecule has 0 fully saturated rings. The summed E-state index contributed by atoms with van der Waals surface area (Å²) in [6.07, 6.45) is 1.53. The fourth-order valence-corrected chi connectivity index (χ4v) is 3.55. The number of methoxy groups -OCH3 is 2. The van der Waals surface area contributed by atoms with Gasteiger partial charge in [-0.05, 0) is 59.6 Å². The molecule has 1 heterocycles. The smallest absolute Gasteiger partial charge is 0.271 e. The van der Waals surface area contributed by atoms with Crippen LogP contribution < -0.4 is 14.9 Å². The summed E-state index contributed by atoms with van der Waals surface area (Å²) in [6.45, 7) is 4.57. The quantitative estimate of drug-likeness (QED) is 0.416. The average molecular weight is 471 g/mol. The lowest BCUT2D eigenvalue weighted by Crippen LogP contribution is -2.18. The number of aryl methyl sites for hydroxylation is 2. The Morgan fingerprint density at radius 3 is 2.60 bits per heavy atom. The van der Waals surface area contributed by atoms with E-state index in [2.05, 4.69) is 31.6 Å². The van der Waals surface area contributed by atoms with E-state index in [9.17, 15) is 4.79 Å². The minimum atomic E-state index is -0.298. The Labute approximate surface area is 183 Å². The first-order valence-corrected chi connectivity index (χ1v) is 10.1. The van der Waals surface area contributed by atoms with Gasteiger partial charge < -0.3 is 9.47 Å². The molecule has 0 spiro atoms. The molecule has 8 heteroatoms. The van der Waals surface area contributed by atoms with Crippen LogP contribution in [0.3, 0.4) is 0 Å². The van der Waals surface area contributed by atoms with Crippen molar-refractivity contribution >= 4 is 28.1 Å². The van der Waals surface area contributed by atoms with E-state index in [1.807, 2.05) is 48.9 Å². The summed E-state index contributed by atoms with van der Waals surface area (Å²) in [6, 6.07) is 13.0. The van der Waals surface area contributed by atoms with E-state index in [1.54, 1.807) is 26.4 Å². The normalized spacial score (nSPS) is 11.0. The van der Waals surface area contributed by atoms with Crippen LogP contribution in [0, 0.1) is 13.8 Å². The van der Waals surface area contributed by atoms with Gasteiger partial charge in [0.15, 0.2) is 0 Å². The number of benzene rings is 2. The maximum atomic E-state index is 12.5. The van der Waals surface area contributed by atoms with Crippen LogP contribution in [0.25, 0.3) is 0 Å². The first-order valence-electron chi connectivity index (χ1n) is 9.26. The molecule has 7 nitrogen and oxygen atoms in total. The van der Waals surface area contributed by atoms with Gasteiger partial charge in [-0.1, -0.05) is 12.1 Å². The molecular formula is C22H23BrN4O3. The molecule has 0 saturated carbocycles. The highest BCUT2D eigenvalue weighted by Gasteiger charge is 2.10. The van der Waals surface area contributed by atoms with Crippen molar-refractivity contribution in [2.45, 2.75) is 20.4 Å². The maximum absolute atomic E-state index is 12.5. The molecule has 156 valence electrons. The second-order valence-electron chi connectivity index (χ2n) is 6.71. The van der Waals surface area contributed by atoms with Crippen LogP contribution in [-0.4, -0.2) is 36.1 Å². The molecule has 2 aromatic carbocycles. The molecule has 0 unspecified atom stereocenters. The fourth-order valence-electron chi connectivity index (χ4n) is 3.03. The number of aromatic nitrogens is 2. The summed E-state index contributed by atoms with van der Waals surface area (Å²) in [4.78, 5) is 12.5. The van der Waals surface area contributed by atoms with Gasteiger partial charge in [-0.25, -0.2) is 5.43 Å². The van der Waals surface area contributed by atoms with Crippen LogP contribution in [0.1, 0.15) is 32.9 Å². The zero-order chi connectivity index (χ0) is 21.7. The Kier molecular flexibility index (Phi) is 6.89. The molecule has 3 rings (SSSR count). The highest BCUT2D eigenvalue weighted by Crippen LogP contribution is 2.31. The summed E-state index contributed by atoms with van der Waals surface area (Å²) in [5.74, 6) is 0.931. The van der Waals surface area contributed by atoms with E-state index >= 15 is 0 Å². The van der Waals surface area contributed by atoms with Crippen molar-refractivity contribution in [1.82, 2.24) is 15.2 Å². The third-order valence-corrected chi connectivity index (χ3v) is 5.12. The van der Waals surface area contributed by atoms with Crippen LogP contribution in [0.4, 0.5) is 0 Å². The summed E-state index contributed by atoms with van der Waals surface area (Å²) in [5, 5.41) is 8.54. The second kappa shape index (κ2) is 9.58. The number of hydrogen-bond donors (Lipinski definition) is 1. The van der Waals surface area contributed by atoms with Crippen molar-refractivity contribution in [1.29, 1.82) is 0 Å². The van der Waals surface area contributed by atoms with E-state index in [0.29, 0.717) is 29.2 Å². The number of ether oxygens (including phenoxy) is 2. The van der Waals surface area contributed by atoms with E-state index in [-0.39, 0.29) is 5.91 Å². The van der Waals surface area contributed by atoms with Gasteiger partial charge in [0.05, 0.1) is 37.1 Å². The summed E-state index contributed by atoms with van der Waals surface area (Å²) in [7, 11) is 3.14. The average Bonchev–Trinajstić information content (AvgIpc) is 3.04. The Bertz CT molecular complexity index is 1090. The summed E-state index contributed by atoms with van der Waals surface area (Å²) in [5.41, 5.74) is 6.81. The highest BCUT2D eigenvalue weighted by atomic mass is 79.9. The molecule has 1 amide bonds. The molecular weight excluding hydrogens is 448 g/mol. The lowest BCUT2D eigenvalue weighted by Gasteiger charge is -2.09. The number of nitrogens with zero attached hydrogens (tertiary/aromatic N) is 3. The summed E-state index contributed by atoms with van der Waals surface area (Å²) < 4.78 is 13.3. The number of rotatable bonds is 7. The predicted octanol–water partition coefficient (Wildman–Crippen LogP) is 4.09. The molecule has 1 N–H and O–H groups in total. The highest BCUT2D eigenvalue weighted by molar-refractivity contribution is 9.10. The number of carbonyl (C=O) groups excluding carboxylic acids is 1. The van der Waals surface area contributed by atoms with Gasteiger partial charge in [-0.15, -0.1) is 0 Å². The zero-order valence-electron chi connectivity index (χ0n) is 17.3. The number of nitrogens with one attached hydrogen (secondary N) is 1. The van der Waals surface area contributed by atoms with Crippen LogP contribution in [-0.2, 0) is 6.54 Å². The number of hydrogen-bond acceptors (Lipinski definition) is 5. The monoisotopic (exact) mass is 470 g/mol. The maximum Gasteiger partial charge on any atom is 0.271 e. The standard InChI is InChI=1S/C22H23BrN4O3/c1-14-8-15(2)27(26-14)13-16-6-5-7-17(9-16)22(28)25-24-12-18-10-19(23)21(30-4)11-20(18)29-3/h5-12H,13H2,1-4H3,(H,25,28)/b24-12+. The first kappa shape index (κ1) is 21.6. The Hall–Kier alpha value is -3.13. The molecule has 0 saturated heterocycles. The molecule has 0 atom stereocenters. The van der Waals surface area contributed by atoms with E-state index in [4.69, 9.17) is 9.47 Å². The van der Waals surface area contributed by atoms with Gasteiger partial charge in [0, 0.05) is 22.9 Å². The van der Waals surface area contributed by atoms with Crippen molar-refractivity contribution < 1.29 is 14.3 Å². The minimum Gasteiger partial charge on any atom is -0.496 e. The predicted molar refractivity (Wildman–Crippen MR) is 120 cm³/mol. The van der Waals surface area contributed by atoms with Crippen LogP contribution in [0.5, 0.6) is 11.5 Å². The van der Waals surface area contributed by atoms with Gasteiger partial charge >= 0.3 is 0 Å². The topological polar surface area (TPSA) is 77.7 Å². The molecule has 0 aliphatic heterocycles. The molecule has 3 aromatic rings. The molecule has 0 aliphatic rings. The number of carbonyl (C=O) groups is 1. The molecule has 1 aromatic heterocycles.